The number of halogens is 1. The molecule has 7 heteroatoms. The number of carbonyl (C=O) groups is 1. The number of carbonyl (C=O) groups excluding carboxylic acids is 1. The van der Waals surface area contributed by atoms with Crippen LogP contribution in [0.3, 0.4) is 0 Å². The van der Waals surface area contributed by atoms with Crippen molar-refractivity contribution in [3.05, 3.63) is 75.3 Å². The molecule has 0 fully saturated rings. The molecule has 6 nitrogen and oxygen atoms in total. The molecule has 0 radical (unpaired) electrons. The molecule has 2 aromatic carbocycles. The molecule has 116 valence electrons. The predicted molar refractivity (Wildman–Crippen MR) is 87.1 cm³/mol. The zero-order chi connectivity index (χ0) is 16.7. The summed E-state index contributed by atoms with van der Waals surface area (Å²) >= 11 is 6.18. The van der Waals surface area contributed by atoms with Gasteiger partial charge in [0.15, 0.2) is 0 Å². The summed E-state index contributed by atoms with van der Waals surface area (Å²) in [6.07, 6.45) is 1.35. The van der Waals surface area contributed by atoms with Crippen molar-refractivity contribution in [2.45, 2.75) is 0 Å². The molecule has 0 aliphatic carbocycles. The van der Waals surface area contributed by atoms with E-state index in [1.807, 2.05) is 30.3 Å². The molecule has 0 heterocycles. The minimum atomic E-state index is -0.747. The number of methoxy groups -OCH3 is 1. The number of azide groups is 1. The zero-order valence-electron chi connectivity index (χ0n) is 12.1. The molecule has 0 aliphatic heterocycles. The highest BCUT2D eigenvalue weighted by molar-refractivity contribution is 6.32. The van der Waals surface area contributed by atoms with Crippen LogP contribution in [0.25, 0.3) is 16.5 Å². The standard InChI is InChI=1S/C16H12ClN3O3/c1-22-16(21)15(19-20-18)9-11-7-8-13(10-14(11)17)23-12-5-3-2-4-6-12/h2-10H,1H3. The molecular formula is C16H12ClN3O3. The molecule has 2 rings (SSSR count). The van der Waals surface area contributed by atoms with Crippen molar-refractivity contribution in [3.8, 4) is 11.5 Å². The normalized spacial score (nSPS) is 10.6. The van der Waals surface area contributed by atoms with Crippen molar-refractivity contribution in [1.29, 1.82) is 0 Å². The lowest BCUT2D eigenvalue weighted by atomic mass is 10.2. The van der Waals surface area contributed by atoms with E-state index in [0.29, 0.717) is 22.1 Å². The second-order valence-corrected chi connectivity index (χ2v) is 4.72. The number of esters is 1. The summed E-state index contributed by atoms with van der Waals surface area (Å²) in [6.45, 7) is 0. The van der Waals surface area contributed by atoms with Gasteiger partial charge in [0.25, 0.3) is 0 Å². The first kappa shape index (κ1) is 16.4. The van der Waals surface area contributed by atoms with Gasteiger partial charge in [0.2, 0.25) is 0 Å². The summed E-state index contributed by atoms with van der Waals surface area (Å²) in [5.41, 5.74) is 8.81. The summed E-state index contributed by atoms with van der Waals surface area (Å²) in [4.78, 5) is 14.1. The molecule has 23 heavy (non-hydrogen) atoms. The molecule has 0 saturated carbocycles. The highest BCUT2D eigenvalue weighted by Gasteiger charge is 2.09. The van der Waals surface area contributed by atoms with Gasteiger partial charge in [-0.2, -0.15) is 0 Å². The third-order valence-corrected chi connectivity index (χ3v) is 3.12. The van der Waals surface area contributed by atoms with E-state index in [-0.39, 0.29) is 5.70 Å². The van der Waals surface area contributed by atoms with E-state index in [1.54, 1.807) is 18.2 Å². The van der Waals surface area contributed by atoms with E-state index in [2.05, 4.69) is 14.8 Å². The van der Waals surface area contributed by atoms with Crippen molar-refractivity contribution < 1.29 is 14.3 Å². The third-order valence-electron chi connectivity index (χ3n) is 2.79. The Morgan fingerprint density at radius 1 is 1.22 bits per heavy atom. The van der Waals surface area contributed by atoms with E-state index in [4.69, 9.17) is 21.9 Å². The molecule has 0 aromatic heterocycles. The summed E-state index contributed by atoms with van der Waals surface area (Å²) in [7, 11) is 1.20. The minimum absolute atomic E-state index is 0.186. The first-order valence-electron chi connectivity index (χ1n) is 6.51. The van der Waals surface area contributed by atoms with E-state index >= 15 is 0 Å². The highest BCUT2D eigenvalue weighted by atomic mass is 35.5. The molecule has 0 aliphatic rings. The van der Waals surface area contributed by atoms with Crippen LogP contribution in [0.2, 0.25) is 5.02 Å². The fraction of sp³-hybridized carbons (Fsp3) is 0.0625. The third kappa shape index (κ3) is 4.51. The van der Waals surface area contributed by atoms with E-state index in [9.17, 15) is 4.79 Å². The topological polar surface area (TPSA) is 84.3 Å². The monoisotopic (exact) mass is 329 g/mol. The Balaban J connectivity index is 2.28. The molecule has 0 bridgehead atoms. The van der Waals surface area contributed by atoms with Gasteiger partial charge in [-0.15, -0.1) is 0 Å². The largest absolute Gasteiger partial charge is 0.466 e. The maximum absolute atomic E-state index is 11.5. The van der Waals surface area contributed by atoms with Gasteiger partial charge in [-0.05, 0) is 47.5 Å². The number of hydrogen-bond acceptors (Lipinski definition) is 4. The predicted octanol–water partition coefficient (Wildman–Crippen LogP) is 4.96. The average Bonchev–Trinajstić information content (AvgIpc) is 2.57. The number of benzene rings is 2. The van der Waals surface area contributed by atoms with Gasteiger partial charge in [-0.3, -0.25) is 0 Å². The molecule has 2 aromatic rings. The van der Waals surface area contributed by atoms with Crippen LogP contribution in [-0.2, 0) is 9.53 Å². The molecule has 0 atom stereocenters. The number of ether oxygens (including phenoxy) is 2. The first-order valence-corrected chi connectivity index (χ1v) is 6.89. The SMILES string of the molecule is COC(=O)C(=Cc1ccc(Oc2ccccc2)cc1Cl)N=[N+]=[N-]. The van der Waals surface area contributed by atoms with Gasteiger partial charge in [0, 0.05) is 4.91 Å². The Bertz CT molecular complexity index is 784. The maximum Gasteiger partial charge on any atom is 0.340 e. The van der Waals surface area contributed by atoms with Crippen molar-refractivity contribution in [2.24, 2.45) is 5.11 Å². The zero-order valence-corrected chi connectivity index (χ0v) is 12.9. The van der Waals surface area contributed by atoms with Crippen molar-refractivity contribution in [3.63, 3.8) is 0 Å². The van der Waals surface area contributed by atoms with E-state index < -0.39 is 5.97 Å². The molecular weight excluding hydrogens is 318 g/mol. The lowest BCUT2D eigenvalue weighted by Gasteiger charge is -2.07. The fourth-order valence-corrected chi connectivity index (χ4v) is 1.97. The second kappa shape index (κ2) is 7.89. The van der Waals surface area contributed by atoms with Crippen LogP contribution in [0.1, 0.15) is 5.56 Å². The van der Waals surface area contributed by atoms with Crippen LogP contribution in [0, 0.1) is 0 Å². The summed E-state index contributed by atoms with van der Waals surface area (Å²) in [6, 6.07) is 14.2. The van der Waals surface area contributed by atoms with Gasteiger partial charge in [0.05, 0.1) is 12.1 Å². The van der Waals surface area contributed by atoms with E-state index in [0.717, 1.165) is 0 Å². The smallest absolute Gasteiger partial charge is 0.340 e. The van der Waals surface area contributed by atoms with Gasteiger partial charge < -0.3 is 9.47 Å². The van der Waals surface area contributed by atoms with Crippen LogP contribution >= 0.6 is 11.6 Å². The van der Waals surface area contributed by atoms with Crippen LogP contribution in [-0.4, -0.2) is 13.1 Å². The number of nitrogens with zero attached hydrogens (tertiary/aromatic N) is 3. The van der Waals surface area contributed by atoms with Gasteiger partial charge in [-0.1, -0.05) is 34.9 Å². The molecule has 0 N–H and O–H groups in total. The Labute approximate surface area is 137 Å². The second-order valence-electron chi connectivity index (χ2n) is 4.31. The highest BCUT2D eigenvalue weighted by Crippen LogP contribution is 2.28. The quantitative estimate of drug-likeness (QED) is 0.255. The van der Waals surface area contributed by atoms with Crippen LogP contribution in [0.5, 0.6) is 11.5 Å². The maximum atomic E-state index is 11.5. The van der Waals surface area contributed by atoms with Gasteiger partial charge in [-0.25, -0.2) is 4.79 Å². The number of hydrogen-bond donors (Lipinski definition) is 0. The van der Waals surface area contributed by atoms with Crippen molar-refractivity contribution in [1.82, 2.24) is 0 Å². The molecule has 0 spiro atoms. The Hall–Kier alpha value is -2.95. The Morgan fingerprint density at radius 2 is 1.96 bits per heavy atom. The summed E-state index contributed by atoms with van der Waals surface area (Å²) in [5, 5.41) is 3.64. The van der Waals surface area contributed by atoms with Crippen LogP contribution in [0.4, 0.5) is 0 Å². The Kier molecular flexibility index (Phi) is 5.63. The van der Waals surface area contributed by atoms with Crippen molar-refractivity contribution in [2.75, 3.05) is 7.11 Å². The minimum Gasteiger partial charge on any atom is -0.466 e. The Morgan fingerprint density at radius 3 is 2.57 bits per heavy atom. The lowest BCUT2D eigenvalue weighted by molar-refractivity contribution is -0.136. The molecule has 0 unspecified atom stereocenters. The molecule has 0 saturated heterocycles. The fourth-order valence-electron chi connectivity index (χ4n) is 1.74. The van der Waals surface area contributed by atoms with Gasteiger partial charge in [0.1, 0.15) is 17.2 Å². The lowest BCUT2D eigenvalue weighted by Crippen LogP contribution is -2.02. The van der Waals surface area contributed by atoms with Gasteiger partial charge >= 0.3 is 5.97 Å². The number of para-hydroxylation sites is 1. The van der Waals surface area contributed by atoms with Crippen LogP contribution in [0.15, 0.2) is 59.3 Å². The van der Waals surface area contributed by atoms with Crippen LogP contribution < -0.4 is 4.74 Å². The van der Waals surface area contributed by atoms with Crippen molar-refractivity contribution >= 4 is 23.6 Å². The number of rotatable bonds is 5. The molecule has 0 amide bonds. The summed E-state index contributed by atoms with van der Waals surface area (Å²) in [5.74, 6) is 0.474. The first-order chi connectivity index (χ1) is 11.1. The average molecular weight is 330 g/mol. The van der Waals surface area contributed by atoms with E-state index in [1.165, 1.54) is 13.2 Å². The summed E-state index contributed by atoms with van der Waals surface area (Å²) < 4.78 is 10.2.